The van der Waals surface area contributed by atoms with Gasteiger partial charge in [0, 0.05) is 6.42 Å². The van der Waals surface area contributed by atoms with Gasteiger partial charge in [0.05, 0.1) is 0 Å². The van der Waals surface area contributed by atoms with Crippen LogP contribution in [0, 0.1) is 5.82 Å². The van der Waals surface area contributed by atoms with E-state index in [4.69, 9.17) is 10.6 Å². The molecule has 0 spiro atoms. The number of Topliss-reactive ketones (excluding diaryl/α,β-unsaturated/α-hetero) is 1. The third-order valence-electron chi connectivity index (χ3n) is 2.18. The number of amides is 1. The summed E-state index contributed by atoms with van der Waals surface area (Å²) in [5, 5.41) is 10.6. The number of hydrogen-bond donors (Lipinski definition) is 2. The lowest BCUT2D eigenvalue weighted by atomic mass is 10.0. The molecule has 0 radical (unpaired) electrons. The average molecular weight is 251 g/mol. The highest BCUT2D eigenvalue weighted by Gasteiger charge is 2.22. The van der Waals surface area contributed by atoms with Crippen molar-refractivity contribution in [3.63, 3.8) is 0 Å². The van der Waals surface area contributed by atoms with Crippen LogP contribution in [0.2, 0.25) is 0 Å². The summed E-state index contributed by atoms with van der Waals surface area (Å²) in [7, 11) is 0. The Balaban J connectivity index is 2.83. The van der Waals surface area contributed by atoms with Crippen LogP contribution >= 0.6 is 0 Å². The van der Waals surface area contributed by atoms with Crippen LogP contribution in [-0.4, -0.2) is 34.0 Å². The van der Waals surface area contributed by atoms with Crippen molar-refractivity contribution >= 4 is 18.1 Å². The zero-order chi connectivity index (χ0) is 13.5. The summed E-state index contributed by atoms with van der Waals surface area (Å²) in [6.45, 7) is 0. The Bertz CT molecular complexity index is 495. The van der Waals surface area contributed by atoms with E-state index >= 15 is 0 Å². The summed E-state index contributed by atoms with van der Waals surface area (Å²) < 4.78 is 12.7. The molecular formula is C11H10FN3O3. The van der Waals surface area contributed by atoms with Crippen LogP contribution in [0.1, 0.15) is 5.56 Å². The molecule has 1 unspecified atom stereocenters. The number of carbonyl (C=O) groups excluding carboxylic acids is 1. The molecule has 7 heteroatoms. The number of nitrogens with one attached hydrogen (secondary N) is 1. The lowest BCUT2D eigenvalue weighted by Gasteiger charge is -2.11. The van der Waals surface area contributed by atoms with Crippen molar-refractivity contribution in [1.82, 2.24) is 5.32 Å². The second-order valence-corrected chi connectivity index (χ2v) is 3.48. The molecule has 0 fully saturated rings. The number of carboxylic acid groups (broad SMARTS) is 1. The number of halogens is 1. The third kappa shape index (κ3) is 4.15. The first-order valence-electron chi connectivity index (χ1n) is 4.98. The zero-order valence-electron chi connectivity index (χ0n) is 9.21. The van der Waals surface area contributed by atoms with Crippen LogP contribution in [-0.2, 0) is 11.2 Å². The Morgan fingerprint density at radius 2 is 2.06 bits per heavy atom. The van der Waals surface area contributed by atoms with Gasteiger partial charge >= 0.3 is 12.3 Å². The van der Waals surface area contributed by atoms with E-state index in [0.717, 1.165) is 0 Å². The smallest absolute Gasteiger partial charge is 0.405 e. The quantitative estimate of drug-likeness (QED) is 0.461. The van der Waals surface area contributed by atoms with Crippen LogP contribution < -0.4 is 5.32 Å². The maximum atomic E-state index is 12.7. The van der Waals surface area contributed by atoms with E-state index in [2.05, 4.69) is 4.79 Å². The molecule has 18 heavy (non-hydrogen) atoms. The van der Waals surface area contributed by atoms with Crippen molar-refractivity contribution < 1.29 is 23.9 Å². The first-order chi connectivity index (χ1) is 8.52. The van der Waals surface area contributed by atoms with Crippen molar-refractivity contribution in [1.29, 1.82) is 0 Å². The largest absolute Gasteiger partial charge is 0.465 e. The van der Waals surface area contributed by atoms with E-state index in [1.54, 1.807) is 0 Å². The summed E-state index contributed by atoms with van der Waals surface area (Å²) in [6.07, 6.45) is -0.719. The number of ketones is 1. The third-order valence-corrected chi connectivity index (χ3v) is 2.18. The van der Waals surface area contributed by atoms with Crippen LogP contribution in [0.25, 0.3) is 5.53 Å². The van der Waals surface area contributed by atoms with E-state index in [1.807, 2.05) is 5.32 Å². The predicted octanol–water partition coefficient (Wildman–Crippen LogP) is 0.874. The minimum atomic E-state index is -1.37. The summed E-state index contributed by atoms with van der Waals surface area (Å²) in [4.78, 5) is 24.5. The fourth-order valence-electron chi connectivity index (χ4n) is 1.37. The van der Waals surface area contributed by atoms with Gasteiger partial charge in [-0.3, -0.25) is 4.79 Å². The van der Waals surface area contributed by atoms with Crippen molar-refractivity contribution in [2.75, 3.05) is 0 Å². The number of nitrogens with zero attached hydrogens (tertiary/aromatic N) is 2. The van der Waals surface area contributed by atoms with Gasteiger partial charge in [-0.25, -0.2) is 9.18 Å². The lowest BCUT2D eigenvalue weighted by molar-refractivity contribution is -0.117. The van der Waals surface area contributed by atoms with Crippen molar-refractivity contribution in [2.45, 2.75) is 12.5 Å². The first kappa shape index (κ1) is 13.5. The van der Waals surface area contributed by atoms with Crippen LogP contribution in [0.3, 0.4) is 0 Å². The van der Waals surface area contributed by atoms with Gasteiger partial charge in [0.2, 0.25) is 0 Å². The minimum absolute atomic E-state index is 0.0391. The number of hydrogen-bond acceptors (Lipinski definition) is 2. The van der Waals surface area contributed by atoms with Crippen LogP contribution in [0.15, 0.2) is 24.3 Å². The van der Waals surface area contributed by atoms with Gasteiger partial charge in [-0.1, -0.05) is 12.1 Å². The summed E-state index contributed by atoms with van der Waals surface area (Å²) in [6, 6.07) is 4.21. The highest BCUT2D eigenvalue weighted by atomic mass is 19.1. The molecule has 2 N–H and O–H groups in total. The Hall–Kier alpha value is -2.53. The summed E-state index contributed by atoms with van der Waals surface area (Å²) in [5.41, 5.74) is 8.82. The maximum Gasteiger partial charge on any atom is 0.405 e. The van der Waals surface area contributed by atoms with E-state index in [1.165, 1.54) is 24.3 Å². The molecule has 0 aromatic heterocycles. The van der Waals surface area contributed by atoms with E-state index < -0.39 is 23.7 Å². The Kier molecular flexibility index (Phi) is 4.71. The fourth-order valence-corrected chi connectivity index (χ4v) is 1.37. The summed E-state index contributed by atoms with van der Waals surface area (Å²) in [5.74, 6) is -1.12. The monoisotopic (exact) mass is 251 g/mol. The minimum Gasteiger partial charge on any atom is -0.465 e. The number of carbonyl (C=O) groups is 2. The normalized spacial score (nSPS) is 11.2. The molecule has 1 aromatic carbocycles. The molecule has 1 atom stereocenters. The lowest BCUT2D eigenvalue weighted by Crippen LogP contribution is -2.42. The molecule has 0 bridgehead atoms. The molecule has 0 aliphatic carbocycles. The molecule has 0 aliphatic rings. The fraction of sp³-hybridized carbons (Fsp3) is 0.182. The Morgan fingerprint density at radius 1 is 1.44 bits per heavy atom. The summed E-state index contributed by atoms with van der Waals surface area (Å²) >= 11 is 0. The second-order valence-electron chi connectivity index (χ2n) is 3.48. The molecule has 0 saturated carbocycles. The van der Waals surface area contributed by atoms with Gasteiger partial charge in [0.15, 0.2) is 0 Å². The molecule has 1 rings (SSSR count). The van der Waals surface area contributed by atoms with Crippen molar-refractivity contribution in [3.05, 3.63) is 41.2 Å². The Labute approximate surface area is 102 Å². The standard InChI is InChI=1S/C11H10FN3O3/c12-8-3-1-7(2-4-8)5-9(15-11(17)18)10(16)6-14-13/h1-4,6,9,15H,5H2,(H,17,18). The van der Waals surface area contributed by atoms with Crippen molar-refractivity contribution in [2.24, 2.45) is 0 Å². The molecule has 1 amide bonds. The molecule has 94 valence electrons. The van der Waals surface area contributed by atoms with Gasteiger partial charge in [0.25, 0.3) is 5.78 Å². The van der Waals surface area contributed by atoms with E-state index in [0.29, 0.717) is 11.8 Å². The SMILES string of the molecule is [N-]=[N+]=CC(=O)C(Cc1ccc(F)cc1)NC(=O)O. The van der Waals surface area contributed by atoms with Gasteiger partial charge in [-0.05, 0) is 17.7 Å². The molecule has 1 aromatic rings. The second kappa shape index (κ2) is 6.27. The molecule has 6 nitrogen and oxygen atoms in total. The highest BCUT2D eigenvalue weighted by molar-refractivity contribution is 6.28. The predicted molar refractivity (Wildman–Crippen MR) is 59.7 cm³/mol. The van der Waals surface area contributed by atoms with E-state index in [-0.39, 0.29) is 6.42 Å². The van der Waals surface area contributed by atoms with Gasteiger partial charge < -0.3 is 16.0 Å². The Morgan fingerprint density at radius 3 is 2.56 bits per heavy atom. The van der Waals surface area contributed by atoms with Gasteiger partial charge in [-0.15, -0.1) is 0 Å². The molecule has 0 heterocycles. The number of rotatable bonds is 5. The molecule has 0 aliphatic heterocycles. The number of benzene rings is 1. The first-order valence-corrected chi connectivity index (χ1v) is 4.98. The molecule has 0 saturated heterocycles. The zero-order valence-corrected chi connectivity index (χ0v) is 9.21. The van der Waals surface area contributed by atoms with E-state index in [9.17, 15) is 14.0 Å². The van der Waals surface area contributed by atoms with Crippen molar-refractivity contribution in [3.8, 4) is 0 Å². The maximum absolute atomic E-state index is 12.7. The van der Waals surface area contributed by atoms with Crippen LogP contribution in [0.4, 0.5) is 9.18 Å². The topological polar surface area (TPSA) is 103 Å². The highest BCUT2D eigenvalue weighted by Crippen LogP contribution is 2.06. The average Bonchev–Trinajstić information content (AvgIpc) is 2.31. The van der Waals surface area contributed by atoms with Gasteiger partial charge in [0.1, 0.15) is 11.9 Å². The van der Waals surface area contributed by atoms with Gasteiger partial charge in [-0.2, -0.15) is 4.79 Å². The van der Waals surface area contributed by atoms with Crippen LogP contribution in [0.5, 0.6) is 0 Å². The molecular weight excluding hydrogens is 241 g/mol.